The Labute approximate surface area is 167 Å². The predicted molar refractivity (Wildman–Crippen MR) is 118 cm³/mol. The molecule has 0 spiro atoms. The molecule has 1 aliphatic rings. The standard InChI is InChI=1S/C23H21N3OS/c1-27-19-8-6-15(7-9-19)14-26-23-17(13-25-26)10-18(24)12-20(23)22-11-16-4-2-3-5-21(16)28-22/h2-8,10-13,19H,9,14,24H2,1H3. The van der Waals surface area contributed by atoms with Crippen LogP contribution >= 0.6 is 11.3 Å². The van der Waals surface area contributed by atoms with Crippen LogP contribution in [0.2, 0.25) is 0 Å². The van der Waals surface area contributed by atoms with E-state index in [1.165, 1.54) is 20.5 Å². The zero-order valence-electron chi connectivity index (χ0n) is 15.6. The van der Waals surface area contributed by atoms with E-state index in [9.17, 15) is 0 Å². The molecule has 2 aromatic carbocycles. The monoisotopic (exact) mass is 387 g/mol. The first kappa shape index (κ1) is 17.2. The Balaban J connectivity index is 1.60. The maximum absolute atomic E-state index is 6.21. The topological polar surface area (TPSA) is 53.1 Å². The number of hydrogen-bond acceptors (Lipinski definition) is 4. The van der Waals surface area contributed by atoms with Crippen LogP contribution in [0.15, 0.2) is 72.5 Å². The Morgan fingerprint density at radius 2 is 2.11 bits per heavy atom. The molecule has 2 N–H and O–H groups in total. The van der Waals surface area contributed by atoms with E-state index in [0.717, 1.165) is 35.1 Å². The molecule has 0 bridgehead atoms. The van der Waals surface area contributed by atoms with Crippen molar-refractivity contribution in [3.05, 3.63) is 72.5 Å². The summed E-state index contributed by atoms with van der Waals surface area (Å²) in [6.07, 6.45) is 9.48. The summed E-state index contributed by atoms with van der Waals surface area (Å²) in [5.74, 6) is 0. The number of allylic oxidation sites excluding steroid dienone is 2. The average molecular weight is 388 g/mol. The summed E-state index contributed by atoms with van der Waals surface area (Å²) >= 11 is 1.79. The fourth-order valence-corrected chi connectivity index (χ4v) is 4.87. The third kappa shape index (κ3) is 3.03. The molecule has 0 aliphatic heterocycles. The van der Waals surface area contributed by atoms with E-state index in [1.807, 2.05) is 12.3 Å². The van der Waals surface area contributed by atoms with E-state index in [-0.39, 0.29) is 6.10 Å². The number of nitrogens with two attached hydrogens (primary N) is 1. The molecule has 0 amide bonds. The van der Waals surface area contributed by atoms with E-state index < -0.39 is 0 Å². The molecule has 0 radical (unpaired) electrons. The van der Waals surface area contributed by atoms with Gasteiger partial charge in [-0.05, 0) is 41.6 Å². The minimum atomic E-state index is 0.173. The maximum Gasteiger partial charge on any atom is 0.0789 e. The van der Waals surface area contributed by atoms with Gasteiger partial charge in [0.2, 0.25) is 0 Å². The second kappa shape index (κ2) is 6.93. The van der Waals surface area contributed by atoms with Crippen molar-refractivity contribution in [3.63, 3.8) is 0 Å². The Morgan fingerprint density at radius 1 is 1.21 bits per heavy atom. The lowest BCUT2D eigenvalue weighted by Crippen LogP contribution is -2.11. The molecular weight excluding hydrogens is 366 g/mol. The Bertz CT molecular complexity index is 1200. The number of nitrogens with zero attached hydrogens (tertiary/aromatic N) is 2. The molecular formula is C23H21N3OS. The second-order valence-corrected chi connectivity index (χ2v) is 8.19. The van der Waals surface area contributed by atoms with Gasteiger partial charge in [-0.1, -0.05) is 36.4 Å². The van der Waals surface area contributed by atoms with Crippen LogP contribution in [0, 0.1) is 0 Å². The number of methoxy groups -OCH3 is 1. The van der Waals surface area contributed by atoms with E-state index >= 15 is 0 Å². The molecule has 28 heavy (non-hydrogen) atoms. The third-order valence-electron chi connectivity index (χ3n) is 5.22. The summed E-state index contributed by atoms with van der Waals surface area (Å²) in [6.45, 7) is 0.734. The summed E-state index contributed by atoms with van der Waals surface area (Å²) in [6, 6.07) is 14.8. The summed E-state index contributed by atoms with van der Waals surface area (Å²) < 4.78 is 8.76. The van der Waals surface area contributed by atoms with E-state index in [2.05, 4.69) is 64.4 Å². The number of aromatic nitrogens is 2. The maximum atomic E-state index is 6.21. The zero-order valence-corrected chi connectivity index (χ0v) is 16.4. The Hall–Kier alpha value is -2.89. The molecule has 1 unspecified atom stereocenters. The quantitative estimate of drug-likeness (QED) is 0.477. The highest BCUT2D eigenvalue weighted by molar-refractivity contribution is 7.22. The van der Waals surface area contributed by atoms with Crippen molar-refractivity contribution in [2.45, 2.75) is 19.1 Å². The number of nitrogen functional groups attached to an aromatic ring is 1. The van der Waals surface area contributed by atoms with Gasteiger partial charge in [0, 0.05) is 33.3 Å². The number of benzene rings is 2. The summed E-state index contributed by atoms with van der Waals surface area (Å²) in [7, 11) is 1.75. The molecule has 4 nitrogen and oxygen atoms in total. The molecule has 1 aliphatic carbocycles. The van der Waals surface area contributed by atoms with Crippen molar-refractivity contribution in [1.82, 2.24) is 9.78 Å². The largest absolute Gasteiger partial charge is 0.399 e. The van der Waals surface area contributed by atoms with Crippen LogP contribution in [-0.4, -0.2) is 23.0 Å². The van der Waals surface area contributed by atoms with Crippen LogP contribution in [0.25, 0.3) is 31.4 Å². The van der Waals surface area contributed by atoms with Crippen LogP contribution in [0.3, 0.4) is 0 Å². The van der Waals surface area contributed by atoms with Crippen molar-refractivity contribution < 1.29 is 4.74 Å². The summed E-state index contributed by atoms with van der Waals surface area (Å²) in [4.78, 5) is 1.22. The highest BCUT2D eigenvalue weighted by Crippen LogP contribution is 2.38. The van der Waals surface area contributed by atoms with Gasteiger partial charge in [0.05, 0.1) is 24.4 Å². The Morgan fingerprint density at radius 3 is 2.89 bits per heavy atom. The minimum Gasteiger partial charge on any atom is -0.399 e. The third-order valence-corrected chi connectivity index (χ3v) is 6.37. The van der Waals surface area contributed by atoms with Gasteiger partial charge in [-0.25, -0.2) is 0 Å². The predicted octanol–water partition coefficient (Wildman–Crippen LogP) is 5.40. The number of fused-ring (bicyclic) bond motifs is 2. The molecule has 0 saturated carbocycles. The van der Waals surface area contributed by atoms with Crippen molar-refractivity contribution in [2.24, 2.45) is 0 Å². The highest BCUT2D eigenvalue weighted by Gasteiger charge is 2.15. The molecule has 0 fully saturated rings. The van der Waals surface area contributed by atoms with E-state index in [1.54, 1.807) is 18.4 Å². The van der Waals surface area contributed by atoms with Gasteiger partial charge in [-0.2, -0.15) is 5.10 Å². The van der Waals surface area contributed by atoms with Crippen molar-refractivity contribution >= 4 is 38.0 Å². The molecule has 2 aromatic heterocycles. The van der Waals surface area contributed by atoms with Crippen LogP contribution in [-0.2, 0) is 11.3 Å². The lowest BCUT2D eigenvalue weighted by atomic mass is 10.0. The van der Waals surface area contributed by atoms with Gasteiger partial charge < -0.3 is 10.5 Å². The van der Waals surface area contributed by atoms with Crippen molar-refractivity contribution in [1.29, 1.82) is 0 Å². The molecule has 5 rings (SSSR count). The number of rotatable bonds is 4. The lowest BCUT2D eigenvalue weighted by Gasteiger charge is -2.15. The molecule has 5 heteroatoms. The molecule has 0 saturated heterocycles. The minimum absolute atomic E-state index is 0.173. The Kier molecular flexibility index (Phi) is 4.26. The lowest BCUT2D eigenvalue weighted by molar-refractivity contribution is 0.142. The van der Waals surface area contributed by atoms with Gasteiger partial charge in [-0.15, -0.1) is 11.3 Å². The SMILES string of the molecule is COC1C=CC(Cn2ncc3cc(N)cc(-c4cc5ccccc5s4)c32)=CC1. The van der Waals surface area contributed by atoms with Gasteiger partial charge in [0.15, 0.2) is 0 Å². The average Bonchev–Trinajstić information content (AvgIpc) is 3.32. The first-order valence-corrected chi connectivity index (χ1v) is 10.2. The second-order valence-electron chi connectivity index (χ2n) is 7.11. The fourth-order valence-electron chi connectivity index (χ4n) is 3.79. The number of anilines is 1. The first-order chi connectivity index (χ1) is 13.7. The van der Waals surface area contributed by atoms with Crippen LogP contribution in [0.5, 0.6) is 0 Å². The molecule has 1 atom stereocenters. The molecule has 2 heterocycles. The van der Waals surface area contributed by atoms with Crippen molar-refractivity contribution in [2.75, 3.05) is 12.8 Å². The van der Waals surface area contributed by atoms with E-state index in [0.29, 0.717) is 0 Å². The van der Waals surface area contributed by atoms with Gasteiger partial charge in [0.1, 0.15) is 0 Å². The molecule has 4 aromatic rings. The van der Waals surface area contributed by atoms with Gasteiger partial charge in [-0.3, -0.25) is 4.68 Å². The van der Waals surface area contributed by atoms with Crippen molar-refractivity contribution in [3.8, 4) is 10.4 Å². The van der Waals surface area contributed by atoms with Crippen LogP contribution in [0.4, 0.5) is 5.69 Å². The van der Waals surface area contributed by atoms with Crippen LogP contribution < -0.4 is 5.73 Å². The number of thiophene rings is 1. The summed E-state index contributed by atoms with van der Waals surface area (Å²) in [5, 5.41) is 7.00. The van der Waals surface area contributed by atoms with E-state index in [4.69, 9.17) is 10.5 Å². The zero-order chi connectivity index (χ0) is 19.1. The van der Waals surface area contributed by atoms with Gasteiger partial charge >= 0.3 is 0 Å². The number of hydrogen-bond donors (Lipinski definition) is 1. The normalized spacial score (nSPS) is 16.8. The fraction of sp³-hybridized carbons (Fsp3) is 0.174. The molecule has 140 valence electrons. The summed E-state index contributed by atoms with van der Waals surface area (Å²) in [5.41, 5.74) is 10.5. The highest BCUT2D eigenvalue weighted by atomic mass is 32.1. The smallest absolute Gasteiger partial charge is 0.0789 e. The first-order valence-electron chi connectivity index (χ1n) is 9.35. The number of ether oxygens (including phenoxy) is 1. The van der Waals surface area contributed by atoms with Crippen LogP contribution in [0.1, 0.15) is 6.42 Å². The van der Waals surface area contributed by atoms with Gasteiger partial charge in [0.25, 0.3) is 0 Å².